The van der Waals surface area contributed by atoms with Gasteiger partial charge in [0.2, 0.25) is 0 Å². The number of rotatable bonds is 7. The molecule has 0 saturated heterocycles. The van der Waals surface area contributed by atoms with Crippen LogP contribution in [0.3, 0.4) is 0 Å². The number of benzene rings is 3. The third-order valence-electron chi connectivity index (χ3n) is 4.51. The van der Waals surface area contributed by atoms with Crippen LogP contribution in [0, 0.1) is 5.82 Å². The normalized spacial score (nSPS) is 10.6. The average molecular weight is 453 g/mol. The Labute approximate surface area is 186 Å². The molecule has 0 bridgehead atoms. The van der Waals surface area contributed by atoms with Crippen LogP contribution in [0.4, 0.5) is 10.1 Å². The van der Waals surface area contributed by atoms with Crippen molar-refractivity contribution in [3.8, 4) is 27.4 Å². The minimum atomic E-state index is -1.01. The number of carboxylic acid groups (broad SMARTS) is 1. The molecule has 0 aliphatic rings. The lowest BCUT2D eigenvalue weighted by atomic mass is 10.0. The summed E-state index contributed by atoms with van der Waals surface area (Å²) in [6.45, 7) is 0. The molecule has 4 aromatic rings. The van der Waals surface area contributed by atoms with E-state index in [-0.39, 0.29) is 11.4 Å². The molecule has 0 atom stereocenters. The lowest BCUT2D eigenvalue weighted by Crippen LogP contribution is -1.99. The number of hydrogen-bond donors (Lipinski definition) is 2. The summed E-state index contributed by atoms with van der Waals surface area (Å²) in [6.07, 6.45) is 0. The Bertz CT molecular complexity index is 1210. The highest BCUT2D eigenvalue weighted by Gasteiger charge is 2.11. The van der Waals surface area contributed by atoms with E-state index in [2.05, 4.69) is 9.71 Å². The first-order chi connectivity index (χ1) is 15.0. The monoisotopic (exact) mass is 452 g/mol. The number of thiazole rings is 1. The molecule has 1 aromatic heterocycles. The van der Waals surface area contributed by atoms with Crippen molar-refractivity contribution in [3.05, 3.63) is 83.5 Å². The van der Waals surface area contributed by atoms with Crippen LogP contribution in [0.2, 0.25) is 0 Å². The molecule has 0 fully saturated rings. The molecule has 0 spiro atoms. The number of carboxylic acids is 1. The van der Waals surface area contributed by atoms with Crippen LogP contribution >= 0.6 is 23.3 Å². The van der Waals surface area contributed by atoms with Crippen molar-refractivity contribution in [2.45, 2.75) is 5.03 Å². The minimum Gasteiger partial charge on any atom is -0.495 e. The zero-order chi connectivity index (χ0) is 21.8. The second-order valence-electron chi connectivity index (χ2n) is 6.50. The molecule has 8 heteroatoms. The van der Waals surface area contributed by atoms with Crippen molar-refractivity contribution in [2.24, 2.45) is 0 Å². The highest BCUT2D eigenvalue weighted by Crippen LogP contribution is 2.33. The summed E-state index contributed by atoms with van der Waals surface area (Å²) >= 11 is 2.85. The summed E-state index contributed by atoms with van der Waals surface area (Å²) in [4.78, 5) is 15.8. The number of aromatic nitrogens is 1. The summed E-state index contributed by atoms with van der Waals surface area (Å²) in [5.41, 5.74) is 3.78. The quantitative estimate of drug-likeness (QED) is 0.314. The van der Waals surface area contributed by atoms with Crippen molar-refractivity contribution in [1.82, 2.24) is 4.98 Å². The van der Waals surface area contributed by atoms with Gasteiger partial charge >= 0.3 is 5.97 Å². The van der Waals surface area contributed by atoms with Gasteiger partial charge < -0.3 is 14.6 Å². The lowest BCUT2D eigenvalue weighted by Gasteiger charge is -2.10. The largest absolute Gasteiger partial charge is 0.495 e. The van der Waals surface area contributed by atoms with E-state index in [9.17, 15) is 9.18 Å². The molecule has 1 heterocycles. The fourth-order valence-electron chi connectivity index (χ4n) is 2.90. The van der Waals surface area contributed by atoms with Crippen molar-refractivity contribution < 1.29 is 19.0 Å². The van der Waals surface area contributed by atoms with Gasteiger partial charge in [-0.1, -0.05) is 36.4 Å². The molecule has 0 aliphatic carbocycles. The Morgan fingerprint density at radius 3 is 2.32 bits per heavy atom. The Morgan fingerprint density at radius 2 is 1.68 bits per heavy atom. The number of nitrogens with one attached hydrogen (secondary N) is 1. The van der Waals surface area contributed by atoms with Crippen molar-refractivity contribution in [1.29, 1.82) is 0 Å². The molecule has 3 aromatic carbocycles. The summed E-state index contributed by atoms with van der Waals surface area (Å²) in [7, 11) is 1.49. The first-order valence-electron chi connectivity index (χ1n) is 9.19. The van der Waals surface area contributed by atoms with E-state index in [1.54, 1.807) is 18.2 Å². The molecule has 0 unspecified atom stereocenters. The number of ether oxygens (including phenoxy) is 1. The number of aromatic carboxylic acids is 1. The van der Waals surface area contributed by atoms with Gasteiger partial charge in [0, 0.05) is 22.9 Å². The predicted octanol–water partition coefficient (Wildman–Crippen LogP) is 6.44. The SMILES string of the molecule is COc1cc(C(=O)O)ccc1NSc1csc(-c2ccc(-c3ccc(F)cc3)cc2)n1. The molecule has 4 rings (SSSR count). The number of nitrogens with zero attached hydrogens (tertiary/aromatic N) is 1. The van der Waals surface area contributed by atoms with Crippen LogP contribution in [-0.4, -0.2) is 23.2 Å². The van der Waals surface area contributed by atoms with E-state index in [0.717, 1.165) is 26.7 Å². The fourth-order valence-corrected chi connectivity index (χ4v) is 4.50. The Balaban J connectivity index is 1.45. The van der Waals surface area contributed by atoms with E-state index < -0.39 is 5.97 Å². The maximum Gasteiger partial charge on any atom is 0.335 e. The predicted molar refractivity (Wildman–Crippen MR) is 122 cm³/mol. The topological polar surface area (TPSA) is 71.5 Å². The second kappa shape index (κ2) is 9.20. The summed E-state index contributed by atoms with van der Waals surface area (Å²) < 4.78 is 21.5. The molecule has 0 amide bonds. The molecular formula is C23H17FN2O3S2. The van der Waals surface area contributed by atoms with Crippen molar-refractivity contribution >= 4 is 34.9 Å². The summed E-state index contributed by atoms with van der Waals surface area (Å²) in [6, 6.07) is 19.0. The van der Waals surface area contributed by atoms with Crippen LogP contribution < -0.4 is 9.46 Å². The van der Waals surface area contributed by atoms with Crippen molar-refractivity contribution in [3.63, 3.8) is 0 Å². The second-order valence-corrected chi connectivity index (χ2v) is 8.18. The minimum absolute atomic E-state index is 0.160. The number of carbonyl (C=O) groups is 1. The van der Waals surface area contributed by atoms with Crippen molar-refractivity contribution in [2.75, 3.05) is 11.8 Å². The van der Waals surface area contributed by atoms with Gasteiger partial charge in [-0.05, 0) is 41.5 Å². The highest BCUT2D eigenvalue weighted by atomic mass is 32.2. The number of methoxy groups -OCH3 is 1. The third-order valence-corrected chi connectivity index (χ3v) is 6.29. The Hall–Kier alpha value is -3.36. The van der Waals surface area contributed by atoms with Crippen LogP contribution in [0.25, 0.3) is 21.7 Å². The Morgan fingerprint density at radius 1 is 1.03 bits per heavy atom. The molecule has 2 N–H and O–H groups in total. The van der Waals surface area contributed by atoms with Gasteiger partial charge in [-0.2, -0.15) is 0 Å². The zero-order valence-corrected chi connectivity index (χ0v) is 18.0. The summed E-state index contributed by atoms with van der Waals surface area (Å²) in [5, 5.41) is 12.7. The van der Waals surface area contributed by atoms with E-state index in [1.165, 1.54) is 54.7 Å². The van der Waals surface area contributed by atoms with E-state index in [4.69, 9.17) is 9.84 Å². The van der Waals surface area contributed by atoms with Gasteiger partial charge in [0.25, 0.3) is 0 Å². The molecule has 0 saturated carbocycles. The van der Waals surface area contributed by atoms with E-state index in [0.29, 0.717) is 11.4 Å². The first-order valence-corrected chi connectivity index (χ1v) is 10.9. The van der Waals surface area contributed by atoms with Gasteiger partial charge in [-0.15, -0.1) is 11.3 Å². The zero-order valence-electron chi connectivity index (χ0n) is 16.3. The van der Waals surface area contributed by atoms with Crippen LogP contribution in [0.5, 0.6) is 5.75 Å². The molecule has 5 nitrogen and oxygen atoms in total. The average Bonchev–Trinajstić information content (AvgIpc) is 3.27. The maximum absolute atomic E-state index is 13.1. The van der Waals surface area contributed by atoms with Gasteiger partial charge in [0.15, 0.2) is 0 Å². The van der Waals surface area contributed by atoms with Crippen LogP contribution in [0.15, 0.2) is 77.1 Å². The molecule has 0 aliphatic heterocycles. The van der Waals surface area contributed by atoms with Gasteiger partial charge in [0.05, 0.1) is 18.4 Å². The van der Waals surface area contributed by atoms with Gasteiger partial charge in [-0.3, -0.25) is 0 Å². The molecular weight excluding hydrogens is 435 g/mol. The van der Waals surface area contributed by atoms with E-state index in [1.807, 2.05) is 29.6 Å². The first kappa shape index (κ1) is 20.9. The van der Waals surface area contributed by atoms with Gasteiger partial charge in [0.1, 0.15) is 21.6 Å². The van der Waals surface area contributed by atoms with E-state index >= 15 is 0 Å². The third kappa shape index (κ3) is 4.87. The lowest BCUT2D eigenvalue weighted by molar-refractivity contribution is 0.0696. The number of anilines is 1. The van der Waals surface area contributed by atoms with Crippen LogP contribution in [-0.2, 0) is 0 Å². The maximum atomic E-state index is 13.1. The molecule has 156 valence electrons. The number of halogens is 1. The highest BCUT2D eigenvalue weighted by molar-refractivity contribution is 8.00. The number of hydrogen-bond acceptors (Lipinski definition) is 6. The Kier molecular flexibility index (Phi) is 6.20. The molecule has 0 radical (unpaired) electrons. The smallest absolute Gasteiger partial charge is 0.335 e. The standard InChI is InChI=1S/C23H17FN2O3S2/c1-29-20-12-17(23(27)28)8-11-19(20)26-31-21-13-30-22(25-21)16-4-2-14(3-5-16)15-6-9-18(24)10-7-15/h2-13,26H,1H3,(H,27,28). The fraction of sp³-hybridized carbons (Fsp3) is 0.0435. The molecule has 31 heavy (non-hydrogen) atoms. The summed E-state index contributed by atoms with van der Waals surface area (Å²) in [5.74, 6) is -0.816. The van der Waals surface area contributed by atoms with Gasteiger partial charge in [-0.25, -0.2) is 14.2 Å². The van der Waals surface area contributed by atoms with Crippen LogP contribution in [0.1, 0.15) is 10.4 Å².